The molecule has 8 heteroatoms. The second kappa shape index (κ2) is 8.97. The zero-order chi connectivity index (χ0) is 19.6. The molecule has 1 saturated heterocycles. The number of nitrogens with two attached hydrogens (primary N) is 1. The number of carbonyl (C=O) groups is 2. The molecule has 5 nitrogen and oxygen atoms in total. The number of rotatable bonds is 4. The lowest BCUT2D eigenvalue weighted by Gasteiger charge is -2.44. The van der Waals surface area contributed by atoms with Crippen LogP contribution in [0.3, 0.4) is 0 Å². The van der Waals surface area contributed by atoms with Crippen LogP contribution < -0.4 is 11.1 Å². The van der Waals surface area contributed by atoms with Gasteiger partial charge in [0.25, 0.3) is 5.91 Å². The van der Waals surface area contributed by atoms with Gasteiger partial charge >= 0.3 is 0 Å². The van der Waals surface area contributed by atoms with E-state index in [4.69, 9.17) is 5.73 Å². The first-order chi connectivity index (χ1) is 12.0. The molecule has 1 heterocycles. The highest BCUT2D eigenvalue weighted by atomic mass is 35.5. The summed E-state index contributed by atoms with van der Waals surface area (Å²) in [5.74, 6) is -3.34. The Morgan fingerprint density at radius 1 is 1.26 bits per heavy atom. The number of halogens is 3. The second-order valence-corrected chi connectivity index (χ2v) is 7.94. The maximum atomic E-state index is 13.8. The van der Waals surface area contributed by atoms with E-state index >= 15 is 0 Å². The maximum absolute atomic E-state index is 13.8. The quantitative estimate of drug-likeness (QED) is 0.811. The molecule has 1 aliphatic heterocycles. The van der Waals surface area contributed by atoms with E-state index in [1.54, 1.807) is 18.7 Å². The minimum atomic E-state index is -0.956. The number of nitrogens with one attached hydrogen (secondary N) is 1. The van der Waals surface area contributed by atoms with Gasteiger partial charge < -0.3 is 16.0 Å². The van der Waals surface area contributed by atoms with Crippen LogP contribution >= 0.6 is 12.4 Å². The molecular formula is C19H28ClF2N3O2. The fraction of sp³-hybridized carbons (Fsp3) is 0.579. The molecule has 1 aromatic rings. The highest BCUT2D eigenvalue weighted by Gasteiger charge is 2.38. The van der Waals surface area contributed by atoms with Crippen LogP contribution in [0.4, 0.5) is 8.78 Å². The van der Waals surface area contributed by atoms with Crippen LogP contribution in [-0.4, -0.2) is 41.9 Å². The van der Waals surface area contributed by atoms with Crippen LogP contribution in [0, 0.1) is 23.0 Å². The van der Waals surface area contributed by atoms with Crippen molar-refractivity contribution in [2.45, 2.75) is 46.2 Å². The molecule has 1 fully saturated rings. The third-order valence-electron chi connectivity index (χ3n) is 5.03. The Hall–Kier alpha value is -1.73. The van der Waals surface area contributed by atoms with Gasteiger partial charge in [-0.1, -0.05) is 33.8 Å². The van der Waals surface area contributed by atoms with Gasteiger partial charge in [-0.3, -0.25) is 9.59 Å². The zero-order valence-electron chi connectivity index (χ0n) is 16.1. The molecule has 0 radical (unpaired) electrons. The zero-order valence-corrected chi connectivity index (χ0v) is 16.9. The van der Waals surface area contributed by atoms with E-state index in [1.165, 1.54) is 6.07 Å². The average molecular weight is 404 g/mol. The van der Waals surface area contributed by atoms with Crippen LogP contribution in [-0.2, 0) is 4.79 Å². The molecule has 2 amide bonds. The fourth-order valence-electron chi connectivity index (χ4n) is 3.20. The van der Waals surface area contributed by atoms with E-state index in [-0.39, 0.29) is 35.7 Å². The van der Waals surface area contributed by atoms with E-state index in [1.807, 2.05) is 13.8 Å². The lowest BCUT2D eigenvalue weighted by molar-refractivity contribution is -0.137. The Morgan fingerprint density at radius 2 is 1.81 bits per heavy atom. The Labute approximate surface area is 165 Å². The standard InChI is InChI=1S/C19H27F2N3O2.ClH/c1-11(2)16(18(26)24-9-8-14(22)19(3,4)10-24)23-17(25)15-12(20)6-5-7-13(15)21;/h5-7,11,14,16H,8-10,22H2,1-4H3,(H,23,25);1H/t14?,16-;/m0./s1. The van der Waals surface area contributed by atoms with Crippen LogP contribution in [0.5, 0.6) is 0 Å². The monoisotopic (exact) mass is 403 g/mol. The molecule has 27 heavy (non-hydrogen) atoms. The summed E-state index contributed by atoms with van der Waals surface area (Å²) in [6.07, 6.45) is 0.666. The normalized spacial score (nSPS) is 20.0. The van der Waals surface area contributed by atoms with Gasteiger partial charge in [0.1, 0.15) is 23.2 Å². The van der Waals surface area contributed by atoms with Crippen molar-refractivity contribution in [3.8, 4) is 0 Å². The van der Waals surface area contributed by atoms with Gasteiger partial charge in [-0.05, 0) is 29.9 Å². The number of carbonyl (C=O) groups excluding carboxylic acids is 2. The first kappa shape index (κ1) is 23.3. The van der Waals surface area contributed by atoms with Gasteiger partial charge in [0, 0.05) is 19.1 Å². The van der Waals surface area contributed by atoms with Crippen LogP contribution in [0.2, 0.25) is 0 Å². The topological polar surface area (TPSA) is 75.4 Å². The van der Waals surface area contributed by atoms with E-state index in [0.29, 0.717) is 19.5 Å². The number of hydrogen-bond acceptors (Lipinski definition) is 3. The molecular weight excluding hydrogens is 376 g/mol. The third kappa shape index (κ3) is 5.17. The highest BCUT2D eigenvalue weighted by Crippen LogP contribution is 2.28. The average Bonchev–Trinajstić information content (AvgIpc) is 2.54. The largest absolute Gasteiger partial charge is 0.340 e. The van der Waals surface area contributed by atoms with Crippen molar-refractivity contribution in [2.24, 2.45) is 17.1 Å². The number of nitrogens with zero attached hydrogens (tertiary/aromatic N) is 1. The summed E-state index contributed by atoms with van der Waals surface area (Å²) in [5, 5.41) is 2.51. The molecule has 1 aromatic carbocycles. The van der Waals surface area contributed by atoms with Crippen molar-refractivity contribution in [1.82, 2.24) is 10.2 Å². The first-order valence-electron chi connectivity index (χ1n) is 8.84. The Balaban J connectivity index is 0.00000364. The first-order valence-corrected chi connectivity index (χ1v) is 8.84. The number of benzene rings is 1. The van der Waals surface area contributed by atoms with E-state index in [0.717, 1.165) is 12.1 Å². The van der Waals surface area contributed by atoms with Gasteiger partial charge in [-0.2, -0.15) is 0 Å². The number of hydrogen-bond donors (Lipinski definition) is 2. The summed E-state index contributed by atoms with van der Waals surface area (Å²) in [7, 11) is 0. The lowest BCUT2D eigenvalue weighted by Crippen LogP contribution is -2.59. The summed E-state index contributed by atoms with van der Waals surface area (Å²) < 4.78 is 27.7. The number of piperidine rings is 1. The van der Waals surface area contributed by atoms with E-state index < -0.39 is 29.1 Å². The highest BCUT2D eigenvalue weighted by molar-refractivity contribution is 5.98. The predicted octanol–water partition coefficient (Wildman–Crippen LogP) is 2.73. The third-order valence-corrected chi connectivity index (χ3v) is 5.03. The van der Waals surface area contributed by atoms with Crippen LogP contribution in [0.15, 0.2) is 18.2 Å². The number of likely N-dealkylation sites (tertiary alicyclic amines) is 1. The van der Waals surface area contributed by atoms with Gasteiger partial charge in [-0.15, -0.1) is 12.4 Å². The van der Waals surface area contributed by atoms with Crippen LogP contribution in [0.25, 0.3) is 0 Å². The molecule has 2 atom stereocenters. The minimum absolute atomic E-state index is 0. The summed E-state index contributed by atoms with van der Waals surface area (Å²) in [6.45, 7) is 8.52. The summed E-state index contributed by atoms with van der Waals surface area (Å²) in [4.78, 5) is 27.0. The van der Waals surface area contributed by atoms with Gasteiger partial charge in [0.15, 0.2) is 0 Å². The van der Waals surface area contributed by atoms with E-state index in [9.17, 15) is 18.4 Å². The summed E-state index contributed by atoms with van der Waals surface area (Å²) >= 11 is 0. The molecule has 3 N–H and O–H groups in total. The fourth-order valence-corrected chi connectivity index (χ4v) is 3.20. The van der Waals surface area contributed by atoms with Crippen molar-refractivity contribution >= 4 is 24.2 Å². The predicted molar refractivity (Wildman–Crippen MR) is 103 cm³/mol. The molecule has 0 saturated carbocycles. The summed E-state index contributed by atoms with van der Waals surface area (Å²) in [5.41, 5.74) is 5.20. The van der Waals surface area contributed by atoms with Crippen molar-refractivity contribution in [2.75, 3.05) is 13.1 Å². The SMILES string of the molecule is CC(C)[C@H](NC(=O)c1c(F)cccc1F)C(=O)N1CCC(N)C(C)(C)C1.Cl. The van der Waals surface area contributed by atoms with Crippen molar-refractivity contribution in [1.29, 1.82) is 0 Å². The van der Waals surface area contributed by atoms with Crippen LogP contribution in [0.1, 0.15) is 44.5 Å². The smallest absolute Gasteiger partial charge is 0.257 e. The Kier molecular flexibility index (Phi) is 7.75. The van der Waals surface area contributed by atoms with Gasteiger partial charge in [0.2, 0.25) is 5.91 Å². The number of amides is 2. The maximum Gasteiger partial charge on any atom is 0.257 e. The van der Waals surface area contributed by atoms with Crippen molar-refractivity contribution < 1.29 is 18.4 Å². The van der Waals surface area contributed by atoms with Gasteiger partial charge in [0.05, 0.1) is 0 Å². The molecule has 0 aliphatic carbocycles. The van der Waals surface area contributed by atoms with Crippen molar-refractivity contribution in [3.63, 3.8) is 0 Å². The van der Waals surface area contributed by atoms with Gasteiger partial charge in [-0.25, -0.2) is 8.78 Å². The molecule has 1 aliphatic rings. The Bertz CT molecular complexity index is 677. The molecule has 0 spiro atoms. The summed E-state index contributed by atoms with van der Waals surface area (Å²) in [6, 6.07) is 2.33. The molecule has 2 rings (SSSR count). The molecule has 152 valence electrons. The van der Waals surface area contributed by atoms with E-state index in [2.05, 4.69) is 5.32 Å². The molecule has 0 bridgehead atoms. The second-order valence-electron chi connectivity index (χ2n) is 7.94. The molecule has 1 unspecified atom stereocenters. The minimum Gasteiger partial charge on any atom is -0.340 e. The Morgan fingerprint density at radius 3 is 2.30 bits per heavy atom. The molecule has 0 aromatic heterocycles. The lowest BCUT2D eigenvalue weighted by atomic mass is 9.79. The van der Waals surface area contributed by atoms with Crippen molar-refractivity contribution in [3.05, 3.63) is 35.4 Å².